The Hall–Kier alpha value is -2.64. The summed E-state index contributed by atoms with van der Waals surface area (Å²) in [6.45, 7) is 0. The molecule has 23 heavy (non-hydrogen) atoms. The highest BCUT2D eigenvalue weighted by Gasteiger charge is 2.54. The Balaban J connectivity index is 2.49. The highest BCUT2D eigenvalue weighted by atomic mass is 32.2. The summed E-state index contributed by atoms with van der Waals surface area (Å²) in [7, 11) is -2.87. The molecule has 7 heteroatoms. The third-order valence-electron chi connectivity index (χ3n) is 4.00. The molecule has 6 nitrogen and oxygen atoms in total. The first-order valence-electron chi connectivity index (χ1n) is 6.75. The third kappa shape index (κ3) is 1.90. The SMILES string of the molecule is C[N+]1(c2ccccc2)C(C([N])=O)=C(O)c2ccccc2S1(=O)=O. The minimum atomic E-state index is -4.12. The van der Waals surface area contributed by atoms with E-state index < -0.39 is 31.3 Å². The average Bonchev–Trinajstić information content (AvgIpc) is 2.54. The fourth-order valence-electron chi connectivity index (χ4n) is 2.80. The van der Waals surface area contributed by atoms with Gasteiger partial charge in [0.05, 0.1) is 7.05 Å². The number of likely N-dealkylation sites (N-methyl/N-ethyl adjacent to an activating group) is 1. The predicted molar refractivity (Wildman–Crippen MR) is 84.5 cm³/mol. The molecule has 1 atom stereocenters. The lowest BCUT2D eigenvalue weighted by atomic mass is 10.1. The van der Waals surface area contributed by atoms with Gasteiger partial charge in [-0.2, -0.15) is 8.42 Å². The number of carbonyl (C=O) groups excluding carboxylic acids is 1. The van der Waals surface area contributed by atoms with Gasteiger partial charge < -0.3 is 5.11 Å². The Kier molecular flexibility index (Phi) is 3.28. The van der Waals surface area contributed by atoms with Crippen LogP contribution in [0, 0.1) is 0 Å². The fraction of sp³-hybridized carbons (Fsp3) is 0.0625. The third-order valence-corrected chi connectivity index (χ3v) is 6.27. The number of aliphatic hydroxyl groups excluding tert-OH is 1. The Morgan fingerprint density at radius 1 is 1.04 bits per heavy atom. The van der Waals surface area contributed by atoms with Gasteiger partial charge in [-0.05, 0) is 12.1 Å². The molecule has 1 amide bonds. The van der Waals surface area contributed by atoms with Gasteiger partial charge in [0.25, 0.3) is 5.70 Å². The first-order valence-corrected chi connectivity index (χ1v) is 8.19. The minimum absolute atomic E-state index is 0.00330. The summed E-state index contributed by atoms with van der Waals surface area (Å²) in [5, 5.41) is 10.4. The van der Waals surface area contributed by atoms with Crippen molar-refractivity contribution in [2.24, 2.45) is 0 Å². The summed E-state index contributed by atoms with van der Waals surface area (Å²) in [5.74, 6) is -2.04. The number of fused-ring (bicyclic) bond motifs is 1. The lowest BCUT2D eigenvalue weighted by molar-refractivity contribution is -0.116. The second-order valence-electron chi connectivity index (χ2n) is 5.23. The number of aliphatic hydroxyl groups is 1. The second-order valence-corrected chi connectivity index (χ2v) is 7.35. The van der Waals surface area contributed by atoms with Crippen molar-refractivity contribution in [2.75, 3.05) is 7.05 Å². The summed E-state index contributed by atoms with van der Waals surface area (Å²) < 4.78 is 25.3. The van der Waals surface area contributed by atoms with Crippen molar-refractivity contribution in [1.29, 1.82) is 0 Å². The van der Waals surface area contributed by atoms with E-state index in [1.807, 2.05) is 0 Å². The zero-order valence-electron chi connectivity index (χ0n) is 12.2. The maximum absolute atomic E-state index is 13.2. The lowest BCUT2D eigenvalue weighted by Gasteiger charge is -2.35. The van der Waals surface area contributed by atoms with E-state index in [0.29, 0.717) is 0 Å². The predicted octanol–water partition coefficient (Wildman–Crippen LogP) is 1.85. The van der Waals surface area contributed by atoms with E-state index in [9.17, 15) is 24.1 Å². The quantitative estimate of drug-likeness (QED) is 0.851. The van der Waals surface area contributed by atoms with Gasteiger partial charge in [-0.15, -0.1) is 3.89 Å². The van der Waals surface area contributed by atoms with E-state index in [1.165, 1.54) is 37.4 Å². The number of hydrogen-bond donors (Lipinski definition) is 1. The number of rotatable bonds is 2. The van der Waals surface area contributed by atoms with E-state index in [1.54, 1.807) is 24.3 Å². The van der Waals surface area contributed by atoms with Gasteiger partial charge in [-0.25, -0.2) is 0 Å². The molecule has 0 fully saturated rings. The molecule has 0 saturated carbocycles. The van der Waals surface area contributed by atoms with E-state index in [4.69, 9.17) is 0 Å². The van der Waals surface area contributed by atoms with Gasteiger partial charge in [0.2, 0.25) is 0 Å². The number of amides is 1. The maximum Gasteiger partial charge on any atom is 0.355 e. The first kappa shape index (κ1) is 15.3. The zero-order chi connectivity index (χ0) is 16.8. The van der Waals surface area contributed by atoms with Crippen LogP contribution >= 0.6 is 0 Å². The number of benzene rings is 2. The second kappa shape index (κ2) is 4.94. The van der Waals surface area contributed by atoms with Crippen molar-refractivity contribution in [2.45, 2.75) is 4.90 Å². The molecule has 1 aliphatic heterocycles. The first-order chi connectivity index (χ1) is 10.8. The van der Waals surface area contributed by atoms with E-state index in [0.717, 1.165) is 0 Å². The molecular weight excluding hydrogens is 316 g/mol. The minimum Gasteiger partial charge on any atom is -0.502 e. The zero-order valence-corrected chi connectivity index (χ0v) is 13.0. The van der Waals surface area contributed by atoms with Crippen LogP contribution in [0.15, 0.2) is 65.2 Å². The van der Waals surface area contributed by atoms with Crippen LogP contribution in [0.3, 0.4) is 0 Å². The van der Waals surface area contributed by atoms with Gasteiger partial charge in [-0.3, -0.25) is 4.79 Å². The summed E-state index contributed by atoms with van der Waals surface area (Å²) in [6, 6.07) is 13.8. The molecule has 0 aromatic heterocycles. The van der Waals surface area contributed by atoms with Gasteiger partial charge in [0.15, 0.2) is 11.4 Å². The molecule has 3 rings (SSSR count). The molecule has 1 unspecified atom stereocenters. The van der Waals surface area contributed by atoms with Crippen LogP contribution in [0.2, 0.25) is 0 Å². The molecule has 116 valence electrons. The molecule has 0 saturated heterocycles. The van der Waals surface area contributed by atoms with Crippen molar-refractivity contribution in [1.82, 2.24) is 9.62 Å². The van der Waals surface area contributed by atoms with Crippen molar-refractivity contribution in [3.8, 4) is 0 Å². The normalized spacial score (nSPS) is 22.5. The molecule has 1 heterocycles. The smallest absolute Gasteiger partial charge is 0.355 e. The van der Waals surface area contributed by atoms with E-state index in [2.05, 4.69) is 0 Å². The Morgan fingerprint density at radius 3 is 2.22 bits per heavy atom. The number of hydrogen-bond acceptors (Lipinski definition) is 4. The van der Waals surface area contributed by atoms with E-state index >= 15 is 0 Å². The molecule has 1 N–H and O–H groups in total. The van der Waals surface area contributed by atoms with Crippen LogP contribution in [0.25, 0.3) is 5.76 Å². The number of para-hydroxylation sites is 1. The van der Waals surface area contributed by atoms with Crippen molar-refractivity contribution in [3.63, 3.8) is 0 Å². The van der Waals surface area contributed by atoms with Crippen LogP contribution in [0.4, 0.5) is 5.69 Å². The number of carbonyl (C=O) groups is 1. The average molecular weight is 329 g/mol. The summed E-state index contributed by atoms with van der Waals surface area (Å²) in [5.41, 5.74) is 9.19. The number of sulfonamides is 1. The highest BCUT2D eigenvalue weighted by Crippen LogP contribution is 2.43. The van der Waals surface area contributed by atoms with Gasteiger partial charge >= 0.3 is 15.9 Å². The molecular formula is C16H13N2O4S+. The molecule has 0 bridgehead atoms. The Bertz CT molecular complexity index is 936. The molecule has 0 aliphatic carbocycles. The van der Waals surface area contributed by atoms with Crippen molar-refractivity contribution < 1.29 is 18.3 Å². The monoisotopic (exact) mass is 329 g/mol. The Morgan fingerprint density at radius 2 is 1.61 bits per heavy atom. The lowest BCUT2D eigenvalue weighted by Crippen LogP contribution is -2.54. The van der Waals surface area contributed by atoms with E-state index in [-0.39, 0.29) is 16.1 Å². The molecule has 1 aliphatic rings. The number of quaternary nitrogens is 1. The van der Waals surface area contributed by atoms with Crippen LogP contribution < -0.4 is 9.62 Å². The standard InChI is InChI=1S/C16H12N2O4S/c1-18(11-7-3-2-4-8-11)14(16(17)20)15(19)12-9-5-6-10-13(12)23(18,21)22/h2-10H,1H3/p+1. The van der Waals surface area contributed by atoms with Crippen LogP contribution in [0.5, 0.6) is 0 Å². The number of nitrogens with zero attached hydrogens (tertiary/aromatic N) is 2. The largest absolute Gasteiger partial charge is 0.502 e. The fourth-order valence-corrected chi connectivity index (χ4v) is 4.69. The van der Waals surface area contributed by atoms with Crippen LogP contribution in [0.1, 0.15) is 5.56 Å². The summed E-state index contributed by atoms with van der Waals surface area (Å²) in [4.78, 5) is 11.7. The van der Waals surface area contributed by atoms with Gasteiger partial charge in [0.1, 0.15) is 4.90 Å². The van der Waals surface area contributed by atoms with Gasteiger partial charge in [-0.1, -0.05) is 36.1 Å². The maximum atomic E-state index is 13.2. The molecule has 2 radical (unpaired) electrons. The molecule has 0 spiro atoms. The highest BCUT2D eigenvalue weighted by molar-refractivity contribution is 7.91. The van der Waals surface area contributed by atoms with Crippen LogP contribution in [-0.2, 0) is 14.8 Å². The Labute approximate surface area is 133 Å². The molecule has 2 aromatic rings. The van der Waals surface area contributed by atoms with Crippen LogP contribution in [-0.4, -0.2) is 26.5 Å². The molecule has 2 aromatic carbocycles. The van der Waals surface area contributed by atoms with Crippen molar-refractivity contribution >= 4 is 27.4 Å². The van der Waals surface area contributed by atoms with Crippen molar-refractivity contribution in [3.05, 3.63) is 65.9 Å². The van der Waals surface area contributed by atoms with Gasteiger partial charge in [0, 0.05) is 17.7 Å². The summed E-state index contributed by atoms with van der Waals surface area (Å²) >= 11 is 0. The topological polar surface area (TPSA) is 93.7 Å². The summed E-state index contributed by atoms with van der Waals surface area (Å²) in [6.07, 6.45) is 0.